The van der Waals surface area contributed by atoms with Crippen LogP contribution in [0.4, 0.5) is 0 Å². The molecule has 1 rings (SSSR count). The van der Waals surface area contributed by atoms with Crippen molar-refractivity contribution >= 4 is 27.7 Å². The Morgan fingerprint density at radius 1 is 1.31 bits per heavy atom. The average Bonchev–Trinajstić information content (AvgIpc) is 2.15. The van der Waals surface area contributed by atoms with Crippen LogP contribution in [0.1, 0.15) is 41.5 Å². The number of esters is 1. The first kappa shape index (κ1) is 12.9. The van der Waals surface area contributed by atoms with Crippen LogP contribution in [0.5, 0.6) is 0 Å². The second-order valence-electron chi connectivity index (χ2n) is 3.70. The molecule has 0 aliphatic carbocycles. The Bertz CT molecular complexity index is 424. The fraction of sp³-hybridized carbons (Fsp3) is 0.333. The molecule has 0 saturated carbocycles. The molecule has 3 nitrogen and oxygen atoms in total. The zero-order valence-electron chi connectivity index (χ0n) is 9.41. The SMILES string of the molecule is CC(=O)c1ccc(C(=O)OC(C)C)cc1Br. The van der Waals surface area contributed by atoms with Gasteiger partial charge in [0.15, 0.2) is 5.78 Å². The maximum absolute atomic E-state index is 11.6. The number of benzene rings is 1. The van der Waals surface area contributed by atoms with Gasteiger partial charge in [-0.1, -0.05) is 15.9 Å². The van der Waals surface area contributed by atoms with Crippen molar-refractivity contribution in [3.05, 3.63) is 33.8 Å². The van der Waals surface area contributed by atoms with Crippen LogP contribution in [0.2, 0.25) is 0 Å². The van der Waals surface area contributed by atoms with Crippen LogP contribution >= 0.6 is 15.9 Å². The van der Waals surface area contributed by atoms with Crippen LogP contribution in [0, 0.1) is 0 Å². The average molecular weight is 285 g/mol. The molecule has 0 heterocycles. The second-order valence-corrected chi connectivity index (χ2v) is 4.56. The van der Waals surface area contributed by atoms with Crippen molar-refractivity contribution in [2.45, 2.75) is 26.9 Å². The largest absolute Gasteiger partial charge is 0.459 e. The number of carbonyl (C=O) groups is 2. The summed E-state index contributed by atoms with van der Waals surface area (Å²) in [4.78, 5) is 22.7. The van der Waals surface area contributed by atoms with Crippen LogP contribution in [-0.2, 0) is 4.74 Å². The van der Waals surface area contributed by atoms with Gasteiger partial charge in [0.05, 0.1) is 11.7 Å². The molecule has 0 spiro atoms. The van der Waals surface area contributed by atoms with E-state index in [-0.39, 0.29) is 17.9 Å². The number of rotatable bonds is 3. The van der Waals surface area contributed by atoms with Gasteiger partial charge in [0.1, 0.15) is 0 Å². The van der Waals surface area contributed by atoms with E-state index in [1.54, 1.807) is 32.0 Å². The Hall–Kier alpha value is -1.16. The molecule has 4 heteroatoms. The Balaban J connectivity index is 2.97. The molecule has 0 N–H and O–H groups in total. The minimum atomic E-state index is -0.384. The minimum absolute atomic E-state index is 0.0457. The summed E-state index contributed by atoms with van der Waals surface area (Å²) in [6.45, 7) is 5.06. The van der Waals surface area contributed by atoms with E-state index < -0.39 is 0 Å². The topological polar surface area (TPSA) is 43.4 Å². The van der Waals surface area contributed by atoms with Gasteiger partial charge in [-0.2, -0.15) is 0 Å². The third kappa shape index (κ3) is 3.17. The summed E-state index contributed by atoms with van der Waals surface area (Å²) >= 11 is 3.25. The van der Waals surface area contributed by atoms with Gasteiger partial charge in [0, 0.05) is 10.0 Å². The molecule has 0 aliphatic heterocycles. The van der Waals surface area contributed by atoms with Crippen molar-refractivity contribution in [3.8, 4) is 0 Å². The fourth-order valence-corrected chi connectivity index (χ4v) is 1.87. The van der Waals surface area contributed by atoms with Crippen molar-refractivity contribution in [1.82, 2.24) is 0 Å². The predicted octanol–water partition coefficient (Wildman–Crippen LogP) is 3.22. The molecule has 16 heavy (non-hydrogen) atoms. The van der Waals surface area contributed by atoms with E-state index in [9.17, 15) is 9.59 Å². The van der Waals surface area contributed by atoms with E-state index in [1.807, 2.05) is 0 Å². The van der Waals surface area contributed by atoms with Gasteiger partial charge in [-0.05, 0) is 39.0 Å². The summed E-state index contributed by atoms with van der Waals surface area (Å²) in [6.07, 6.45) is -0.154. The van der Waals surface area contributed by atoms with E-state index >= 15 is 0 Å². The summed E-state index contributed by atoms with van der Waals surface area (Å²) in [5, 5.41) is 0. The number of hydrogen-bond acceptors (Lipinski definition) is 3. The summed E-state index contributed by atoms with van der Waals surface area (Å²) in [6, 6.07) is 4.80. The fourth-order valence-electron chi connectivity index (χ4n) is 1.21. The summed E-state index contributed by atoms with van der Waals surface area (Å²) in [5.74, 6) is -0.429. The first-order valence-electron chi connectivity index (χ1n) is 4.93. The van der Waals surface area contributed by atoms with Gasteiger partial charge in [-0.15, -0.1) is 0 Å². The lowest BCUT2D eigenvalue weighted by atomic mass is 10.1. The normalized spacial score (nSPS) is 10.3. The van der Waals surface area contributed by atoms with Crippen LogP contribution < -0.4 is 0 Å². The number of carbonyl (C=O) groups excluding carboxylic acids is 2. The molecule has 0 saturated heterocycles. The lowest BCUT2D eigenvalue weighted by Gasteiger charge is -2.08. The molecule has 0 aromatic heterocycles. The first-order chi connectivity index (χ1) is 7.41. The van der Waals surface area contributed by atoms with Gasteiger partial charge in [-0.25, -0.2) is 4.79 Å². The number of hydrogen-bond donors (Lipinski definition) is 0. The Kier molecular flexibility index (Phi) is 4.24. The van der Waals surface area contributed by atoms with Crippen molar-refractivity contribution in [3.63, 3.8) is 0 Å². The van der Waals surface area contributed by atoms with E-state index in [1.165, 1.54) is 6.92 Å². The zero-order valence-corrected chi connectivity index (χ0v) is 11.0. The lowest BCUT2D eigenvalue weighted by Crippen LogP contribution is -2.11. The number of halogens is 1. The third-order valence-corrected chi connectivity index (χ3v) is 2.58. The minimum Gasteiger partial charge on any atom is -0.459 e. The highest BCUT2D eigenvalue weighted by Gasteiger charge is 2.12. The smallest absolute Gasteiger partial charge is 0.338 e. The molecular formula is C12H13BrO3. The molecule has 0 unspecified atom stereocenters. The molecule has 0 atom stereocenters. The van der Waals surface area contributed by atoms with E-state index in [4.69, 9.17) is 4.74 Å². The molecule has 0 radical (unpaired) electrons. The van der Waals surface area contributed by atoms with E-state index in [0.29, 0.717) is 15.6 Å². The second kappa shape index (κ2) is 5.25. The van der Waals surface area contributed by atoms with Gasteiger partial charge in [0.2, 0.25) is 0 Å². The molecule has 1 aromatic carbocycles. The van der Waals surface area contributed by atoms with Crippen molar-refractivity contribution in [2.24, 2.45) is 0 Å². The van der Waals surface area contributed by atoms with Crippen LogP contribution in [-0.4, -0.2) is 17.9 Å². The molecule has 0 amide bonds. The van der Waals surface area contributed by atoms with Gasteiger partial charge < -0.3 is 4.74 Å². The van der Waals surface area contributed by atoms with Crippen molar-refractivity contribution in [2.75, 3.05) is 0 Å². The maximum Gasteiger partial charge on any atom is 0.338 e. The summed E-state index contributed by atoms with van der Waals surface area (Å²) in [7, 11) is 0. The Morgan fingerprint density at radius 3 is 2.38 bits per heavy atom. The predicted molar refractivity (Wildman–Crippen MR) is 64.7 cm³/mol. The van der Waals surface area contributed by atoms with E-state index in [0.717, 1.165) is 0 Å². The molecule has 0 aliphatic rings. The van der Waals surface area contributed by atoms with Crippen LogP contribution in [0.15, 0.2) is 22.7 Å². The number of Topliss-reactive ketones (excluding diaryl/α,β-unsaturated/α-hetero) is 1. The molecule has 0 bridgehead atoms. The molecular weight excluding hydrogens is 272 g/mol. The van der Waals surface area contributed by atoms with E-state index in [2.05, 4.69) is 15.9 Å². The number of ether oxygens (including phenoxy) is 1. The molecule has 86 valence electrons. The lowest BCUT2D eigenvalue weighted by molar-refractivity contribution is 0.0377. The van der Waals surface area contributed by atoms with Gasteiger partial charge in [-0.3, -0.25) is 4.79 Å². The van der Waals surface area contributed by atoms with Crippen molar-refractivity contribution in [1.29, 1.82) is 0 Å². The van der Waals surface area contributed by atoms with Gasteiger partial charge >= 0.3 is 5.97 Å². The quantitative estimate of drug-likeness (QED) is 0.632. The zero-order chi connectivity index (χ0) is 12.3. The Labute approximate surface area is 103 Å². The summed E-state index contributed by atoms with van der Waals surface area (Å²) < 4.78 is 5.66. The van der Waals surface area contributed by atoms with Gasteiger partial charge in [0.25, 0.3) is 0 Å². The molecule has 0 fully saturated rings. The van der Waals surface area contributed by atoms with Crippen molar-refractivity contribution < 1.29 is 14.3 Å². The monoisotopic (exact) mass is 284 g/mol. The Morgan fingerprint density at radius 2 is 1.94 bits per heavy atom. The highest BCUT2D eigenvalue weighted by atomic mass is 79.9. The third-order valence-electron chi connectivity index (χ3n) is 1.93. The molecule has 1 aromatic rings. The van der Waals surface area contributed by atoms with Crippen LogP contribution in [0.25, 0.3) is 0 Å². The highest BCUT2D eigenvalue weighted by Crippen LogP contribution is 2.19. The highest BCUT2D eigenvalue weighted by molar-refractivity contribution is 9.10. The summed E-state index contributed by atoms with van der Waals surface area (Å²) in [5.41, 5.74) is 0.992. The standard InChI is InChI=1S/C12H13BrO3/c1-7(2)16-12(15)9-4-5-10(8(3)14)11(13)6-9/h4-7H,1-3H3. The van der Waals surface area contributed by atoms with Crippen LogP contribution in [0.3, 0.4) is 0 Å². The number of ketones is 1. The first-order valence-corrected chi connectivity index (χ1v) is 5.72. The maximum atomic E-state index is 11.6.